The maximum Gasteiger partial charge on any atom is 0.311 e. The average Bonchev–Trinajstić information content (AvgIpc) is 2.71. The number of ether oxygens (including phenoxy) is 1. The summed E-state index contributed by atoms with van der Waals surface area (Å²) in [6, 6.07) is 9.90. The Balaban J connectivity index is 2.09. The fourth-order valence-electron chi connectivity index (χ4n) is 2.57. The van der Waals surface area contributed by atoms with Gasteiger partial charge in [0.1, 0.15) is 6.04 Å². The molecule has 2 aromatic rings. The van der Waals surface area contributed by atoms with E-state index in [4.69, 9.17) is 16.3 Å². The number of nitrogens with one attached hydrogen (secondary N) is 2. The second kappa shape index (κ2) is 10.4. The molecule has 1 unspecified atom stereocenters. The molecule has 0 saturated heterocycles. The Labute approximate surface area is 178 Å². The van der Waals surface area contributed by atoms with Gasteiger partial charge in [0.15, 0.2) is 5.75 Å². The third kappa shape index (κ3) is 5.77. The largest absolute Gasteiger partial charge is 0.490 e. The van der Waals surface area contributed by atoms with Gasteiger partial charge in [0.25, 0.3) is 11.8 Å². The predicted octanol–water partition coefficient (Wildman–Crippen LogP) is 3.16. The number of hydrogen-bond acceptors (Lipinski definition) is 6. The number of rotatable bonds is 8. The van der Waals surface area contributed by atoms with Crippen LogP contribution in [0.25, 0.3) is 0 Å². The molecular formula is C20H21ClN4O5. The zero-order valence-corrected chi connectivity index (χ0v) is 17.3. The second-order valence-electron chi connectivity index (χ2n) is 6.60. The Morgan fingerprint density at radius 3 is 2.53 bits per heavy atom. The number of halogens is 1. The summed E-state index contributed by atoms with van der Waals surface area (Å²) in [6.45, 7) is 3.54. The van der Waals surface area contributed by atoms with E-state index in [1.54, 1.807) is 44.2 Å². The molecule has 2 N–H and O–H groups in total. The van der Waals surface area contributed by atoms with Crippen LogP contribution in [0.1, 0.15) is 29.8 Å². The highest BCUT2D eigenvalue weighted by Gasteiger charge is 2.25. The van der Waals surface area contributed by atoms with E-state index in [1.807, 2.05) is 0 Å². The van der Waals surface area contributed by atoms with E-state index < -0.39 is 22.8 Å². The molecule has 0 bridgehead atoms. The monoisotopic (exact) mass is 432 g/mol. The van der Waals surface area contributed by atoms with Gasteiger partial charge in [-0.15, -0.1) is 0 Å². The van der Waals surface area contributed by atoms with Crippen molar-refractivity contribution in [2.45, 2.75) is 19.9 Å². The zero-order chi connectivity index (χ0) is 22.3. The lowest BCUT2D eigenvalue weighted by Crippen LogP contribution is -2.48. The van der Waals surface area contributed by atoms with Gasteiger partial charge in [-0.1, -0.05) is 37.6 Å². The minimum atomic E-state index is -0.865. The molecule has 2 rings (SSSR count). The number of nitro groups is 1. The number of nitro benzene ring substituents is 1. The van der Waals surface area contributed by atoms with Crippen molar-refractivity contribution in [2.24, 2.45) is 11.0 Å². The summed E-state index contributed by atoms with van der Waals surface area (Å²) in [6.07, 6.45) is 1.26. The predicted molar refractivity (Wildman–Crippen MR) is 113 cm³/mol. The molecule has 0 fully saturated rings. The van der Waals surface area contributed by atoms with E-state index in [0.29, 0.717) is 5.56 Å². The number of amides is 2. The van der Waals surface area contributed by atoms with E-state index in [9.17, 15) is 19.7 Å². The van der Waals surface area contributed by atoms with Crippen LogP contribution >= 0.6 is 11.6 Å². The number of nitrogens with zero attached hydrogens (tertiary/aromatic N) is 2. The summed E-state index contributed by atoms with van der Waals surface area (Å²) in [5.41, 5.74) is 2.77. The smallest absolute Gasteiger partial charge is 0.311 e. The number of hydrogen-bond donors (Lipinski definition) is 2. The Kier molecular flexibility index (Phi) is 7.88. The van der Waals surface area contributed by atoms with Crippen molar-refractivity contribution in [1.82, 2.24) is 10.7 Å². The van der Waals surface area contributed by atoms with Gasteiger partial charge >= 0.3 is 5.69 Å². The molecule has 0 aliphatic carbocycles. The summed E-state index contributed by atoms with van der Waals surface area (Å²) >= 11 is 6.03. The van der Waals surface area contributed by atoms with E-state index >= 15 is 0 Å². The SMILES string of the molecule is COc1ccc(/C=N\NC(=O)C(NC(=O)c2ccccc2Cl)C(C)C)cc1[N+](=O)[O-]. The van der Waals surface area contributed by atoms with E-state index in [1.165, 1.54) is 25.5 Å². The van der Waals surface area contributed by atoms with Crippen molar-refractivity contribution >= 4 is 35.3 Å². The third-order valence-electron chi connectivity index (χ3n) is 4.14. The quantitative estimate of drug-likeness (QED) is 0.376. The van der Waals surface area contributed by atoms with Crippen LogP contribution in [0.5, 0.6) is 5.75 Å². The van der Waals surface area contributed by atoms with Crippen molar-refractivity contribution in [1.29, 1.82) is 0 Å². The highest BCUT2D eigenvalue weighted by atomic mass is 35.5. The molecule has 158 valence electrons. The molecule has 2 aromatic carbocycles. The topological polar surface area (TPSA) is 123 Å². The number of carbonyl (C=O) groups excluding carboxylic acids is 2. The van der Waals surface area contributed by atoms with Crippen molar-refractivity contribution in [3.63, 3.8) is 0 Å². The fourth-order valence-corrected chi connectivity index (χ4v) is 2.79. The lowest BCUT2D eigenvalue weighted by atomic mass is 10.0. The summed E-state index contributed by atoms with van der Waals surface area (Å²) in [4.78, 5) is 35.5. The Morgan fingerprint density at radius 2 is 1.93 bits per heavy atom. The molecule has 0 aliphatic rings. The molecule has 0 radical (unpaired) electrons. The summed E-state index contributed by atoms with van der Waals surface area (Å²) in [5.74, 6) is -1.13. The second-order valence-corrected chi connectivity index (χ2v) is 7.00. The molecule has 2 amide bonds. The lowest BCUT2D eigenvalue weighted by Gasteiger charge is -2.20. The molecule has 0 heterocycles. The van der Waals surface area contributed by atoms with Crippen molar-refractivity contribution in [3.8, 4) is 5.75 Å². The van der Waals surface area contributed by atoms with Gasteiger partial charge < -0.3 is 10.1 Å². The minimum absolute atomic E-state index is 0.114. The molecule has 1 atom stereocenters. The van der Waals surface area contributed by atoms with E-state index in [-0.39, 0.29) is 27.9 Å². The van der Waals surface area contributed by atoms with Crippen LogP contribution in [0.3, 0.4) is 0 Å². The van der Waals surface area contributed by atoms with Gasteiger partial charge in [0.05, 0.1) is 28.8 Å². The maximum atomic E-state index is 12.5. The van der Waals surface area contributed by atoms with Crippen LogP contribution in [0, 0.1) is 16.0 Å². The Hall–Kier alpha value is -3.46. The van der Waals surface area contributed by atoms with Gasteiger partial charge in [-0.2, -0.15) is 5.10 Å². The summed E-state index contributed by atoms with van der Waals surface area (Å²) < 4.78 is 4.94. The first-order valence-corrected chi connectivity index (χ1v) is 9.33. The highest BCUT2D eigenvalue weighted by molar-refractivity contribution is 6.33. The molecule has 0 spiro atoms. The highest BCUT2D eigenvalue weighted by Crippen LogP contribution is 2.26. The Morgan fingerprint density at radius 1 is 1.23 bits per heavy atom. The van der Waals surface area contributed by atoms with Gasteiger partial charge in [-0.25, -0.2) is 5.43 Å². The first kappa shape index (κ1) is 22.8. The normalized spacial score (nSPS) is 11.9. The first-order chi connectivity index (χ1) is 14.2. The molecule has 0 saturated carbocycles. The van der Waals surface area contributed by atoms with Gasteiger partial charge in [0, 0.05) is 11.6 Å². The maximum absolute atomic E-state index is 12.5. The van der Waals surface area contributed by atoms with Gasteiger partial charge in [0.2, 0.25) is 0 Å². The number of hydrazone groups is 1. The molecule has 0 aliphatic heterocycles. The molecule has 10 heteroatoms. The molecule has 30 heavy (non-hydrogen) atoms. The standard InChI is InChI=1S/C20H21ClN4O5/c1-12(2)18(23-19(26)14-6-4-5-7-15(14)21)20(27)24-22-11-13-8-9-17(30-3)16(10-13)25(28)29/h4-12,18H,1-3H3,(H,23,26)(H,24,27)/b22-11-. The summed E-state index contributed by atoms with van der Waals surface area (Å²) in [7, 11) is 1.33. The van der Waals surface area contributed by atoms with E-state index in [2.05, 4.69) is 15.8 Å². The zero-order valence-electron chi connectivity index (χ0n) is 16.6. The number of carbonyl (C=O) groups is 2. The van der Waals surface area contributed by atoms with Crippen molar-refractivity contribution < 1.29 is 19.2 Å². The molecular weight excluding hydrogens is 412 g/mol. The average molecular weight is 433 g/mol. The fraction of sp³-hybridized carbons (Fsp3) is 0.250. The third-order valence-corrected chi connectivity index (χ3v) is 4.47. The van der Waals surface area contributed by atoms with Gasteiger partial charge in [-0.3, -0.25) is 19.7 Å². The van der Waals surface area contributed by atoms with Crippen molar-refractivity contribution in [2.75, 3.05) is 7.11 Å². The number of methoxy groups -OCH3 is 1. The molecule has 0 aromatic heterocycles. The number of benzene rings is 2. The minimum Gasteiger partial charge on any atom is -0.490 e. The van der Waals surface area contributed by atoms with Crippen LogP contribution in [-0.2, 0) is 4.79 Å². The first-order valence-electron chi connectivity index (χ1n) is 8.95. The Bertz CT molecular complexity index is 977. The van der Waals surface area contributed by atoms with Crippen LogP contribution in [0.2, 0.25) is 5.02 Å². The van der Waals surface area contributed by atoms with Crippen molar-refractivity contribution in [3.05, 3.63) is 68.7 Å². The van der Waals surface area contributed by atoms with E-state index in [0.717, 1.165) is 0 Å². The van der Waals surface area contributed by atoms with Crippen LogP contribution in [-0.4, -0.2) is 36.1 Å². The summed E-state index contributed by atoms with van der Waals surface area (Å²) in [5, 5.41) is 17.8. The van der Waals surface area contributed by atoms with Crippen LogP contribution < -0.4 is 15.5 Å². The lowest BCUT2D eigenvalue weighted by molar-refractivity contribution is -0.385. The van der Waals surface area contributed by atoms with Gasteiger partial charge in [-0.05, 0) is 30.2 Å². The molecule has 9 nitrogen and oxygen atoms in total. The van der Waals surface area contributed by atoms with Crippen LogP contribution in [0.15, 0.2) is 47.6 Å². The van der Waals surface area contributed by atoms with Crippen LogP contribution in [0.4, 0.5) is 5.69 Å².